The van der Waals surface area contributed by atoms with Crippen LogP contribution >= 0.6 is 0 Å². The molecule has 1 rings (SSSR count). The third-order valence-corrected chi connectivity index (χ3v) is 3.61. The van der Waals surface area contributed by atoms with Gasteiger partial charge in [0.1, 0.15) is 0 Å². The predicted molar refractivity (Wildman–Crippen MR) is 84.5 cm³/mol. The zero-order valence-electron chi connectivity index (χ0n) is 13.4. The zero-order valence-corrected chi connectivity index (χ0v) is 13.4. The van der Waals surface area contributed by atoms with Crippen LogP contribution < -0.4 is 5.32 Å². The number of amides is 1. The first-order valence-electron chi connectivity index (χ1n) is 7.53. The predicted octanol–water partition coefficient (Wildman–Crippen LogP) is 3.94. The summed E-state index contributed by atoms with van der Waals surface area (Å²) in [5, 5.41) is 2.87. The van der Waals surface area contributed by atoms with Gasteiger partial charge in [-0.05, 0) is 31.9 Å². The summed E-state index contributed by atoms with van der Waals surface area (Å²) >= 11 is 0. The van der Waals surface area contributed by atoms with E-state index in [-0.39, 0.29) is 11.8 Å². The van der Waals surface area contributed by atoms with E-state index in [1.165, 1.54) is 7.11 Å². The summed E-state index contributed by atoms with van der Waals surface area (Å²) in [6, 6.07) is 5.36. The van der Waals surface area contributed by atoms with Gasteiger partial charge in [0.15, 0.2) is 0 Å². The highest BCUT2D eigenvalue weighted by Gasteiger charge is 2.19. The average molecular weight is 291 g/mol. The minimum atomic E-state index is -0.435. The summed E-state index contributed by atoms with van der Waals surface area (Å²) < 4.78 is 4.77. The summed E-state index contributed by atoms with van der Waals surface area (Å²) in [5.74, 6) is -0.479. The van der Waals surface area contributed by atoms with Crippen LogP contribution in [-0.4, -0.2) is 19.0 Å². The number of ether oxygens (including phenoxy) is 1. The maximum atomic E-state index is 12.3. The highest BCUT2D eigenvalue weighted by atomic mass is 16.5. The maximum absolute atomic E-state index is 12.3. The van der Waals surface area contributed by atoms with E-state index in [4.69, 9.17) is 4.74 Å². The van der Waals surface area contributed by atoms with Gasteiger partial charge in [0, 0.05) is 5.92 Å². The molecule has 1 atom stereocenters. The summed E-state index contributed by atoms with van der Waals surface area (Å²) in [7, 11) is 1.34. The van der Waals surface area contributed by atoms with Crippen LogP contribution in [0.15, 0.2) is 18.2 Å². The first-order chi connectivity index (χ1) is 10.0. The standard InChI is InChI=1S/C17H25NO3/c1-5-7-8-13(6-2)16(19)18-15-10-9-12(3)11-14(15)17(20)21-4/h9-11,13H,5-8H2,1-4H3,(H,18,19). The van der Waals surface area contributed by atoms with Gasteiger partial charge < -0.3 is 10.1 Å². The summed E-state index contributed by atoms with van der Waals surface area (Å²) in [4.78, 5) is 24.1. The Morgan fingerprint density at radius 2 is 2.00 bits per heavy atom. The first-order valence-corrected chi connectivity index (χ1v) is 7.53. The Balaban J connectivity index is 2.91. The van der Waals surface area contributed by atoms with Crippen molar-refractivity contribution in [3.8, 4) is 0 Å². The van der Waals surface area contributed by atoms with Gasteiger partial charge in [-0.2, -0.15) is 0 Å². The molecule has 0 aliphatic heterocycles. The molecule has 4 heteroatoms. The number of anilines is 1. The lowest BCUT2D eigenvalue weighted by Crippen LogP contribution is -2.23. The second-order valence-corrected chi connectivity index (χ2v) is 5.28. The summed E-state index contributed by atoms with van der Waals surface area (Å²) in [6.07, 6.45) is 3.77. The molecule has 0 saturated carbocycles. The van der Waals surface area contributed by atoms with Gasteiger partial charge in [-0.1, -0.05) is 38.3 Å². The van der Waals surface area contributed by atoms with Crippen molar-refractivity contribution in [1.29, 1.82) is 0 Å². The lowest BCUT2D eigenvalue weighted by molar-refractivity contribution is -0.120. The van der Waals surface area contributed by atoms with E-state index in [1.807, 2.05) is 19.9 Å². The van der Waals surface area contributed by atoms with E-state index >= 15 is 0 Å². The number of carbonyl (C=O) groups is 2. The largest absolute Gasteiger partial charge is 0.465 e. The molecular formula is C17H25NO3. The van der Waals surface area contributed by atoms with Crippen molar-refractivity contribution in [2.75, 3.05) is 12.4 Å². The van der Waals surface area contributed by atoms with Crippen LogP contribution in [0.5, 0.6) is 0 Å². The Bertz CT molecular complexity index is 497. The minimum Gasteiger partial charge on any atom is -0.465 e. The van der Waals surface area contributed by atoms with Crippen LogP contribution in [0.3, 0.4) is 0 Å². The van der Waals surface area contributed by atoms with E-state index < -0.39 is 5.97 Å². The van der Waals surface area contributed by atoms with Gasteiger partial charge in [-0.15, -0.1) is 0 Å². The highest BCUT2D eigenvalue weighted by molar-refractivity contribution is 6.02. The molecule has 0 aliphatic rings. The van der Waals surface area contributed by atoms with Gasteiger partial charge in [0.25, 0.3) is 0 Å². The Hall–Kier alpha value is -1.84. The molecule has 21 heavy (non-hydrogen) atoms. The van der Waals surface area contributed by atoms with Gasteiger partial charge in [-0.25, -0.2) is 4.79 Å². The molecule has 1 N–H and O–H groups in total. The molecule has 0 aliphatic carbocycles. The molecule has 0 spiro atoms. The average Bonchev–Trinajstić information content (AvgIpc) is 2.49. The van der Waals surface area contributed by atoms with E-state index in [1.54, 1.807) is 12.1 Å². The fourth-order valence-corrected chi connectivity index (χ4v) is 2.25. The summed E-state index contributed by atoms with van der Waals surface area (Å²) in [6.45, 7) is 6.02. The highest BCUT2D eigenvalue weighted by Crippen LogP contribution is 2.21. The van der Waals surface area contributed by atoms with E-state index in [2.05, 4.69) is 12.2 Å². The molecule has 1 amide bonds. The molecule has 0 bridgehead atoms. The molecule has 0 fully saturated rings. The summed E-state index contributed by atoms with van der Waals surface area (Å²) in [5.41, 5.74) is 1.87. The van der Waals surface area contributed by atoms with Crippen molar-refractivity contribution < 1.29 is 14.3 Å². The number of nitrogens with one attached hydrogen (secondary N) is 1. The van der Waals surface area contributed by atoms with E-state index in [0.29, 0.717) is 11.3 Å². The number of unbranched alkanes of at least 4 members (excludes halogenated alkanes) is 1. The number of aryl methyl sites for hydroxylation is 1. The first kappa shape index (κ1) is 17.2. The normalized spacial score (nSPS) is 11.8. The number of hydrogen-bond acceptors (Lipinski definition) is 3. The Kier molecular flexibility index (Phi) is 6.92. The third kappa shape index (κ3) is 4.88. The van der Waals surface area contributed by atoms with Crippen molar-refractivity contribution in [3.63, 3.8) is 0 Å². The van der Waals surface area contributed by atoms with Crippen LogP contribution in [0.2, 0.25) is 0 Å². The van der Waals surface area contributed by atoms with Crippen LogP contribution in [0.25, 0.3) is 0 Å². The van der Waals surface area contributed by atoms with Crippen LogP contribution in [0.4, 0.5) is 5.69 Å². The lowest BCUT2D eigenvalue weighted by Gasteiger charge is -2.16. The Morgan fingerprint density at radius 3 is 2.57 bits per heavy atom. The maximum Gasteiger partial charge on any atom is 0.339 e. The van der Waals surface area contributed by atoms with Gasteiger partial charge in [0.2, 0.25) is 5.91 Å². The minimum absolute atomic E-state index is 0.0169. The van der Waals surface area contributed by atoms with Crippen molar-refractivity contribution in [3.05, 3.63) is 29.3 Å². The fraction of sp³-hybridized carbons (Fsp3) is 0.529. The molecule has 1 aromatic rings. The number of esters is 1. The third-order valence-electron chi connectivity index (χ3n) is 3.61. The van der Waals surface area contributed by atoms with Crippen LogP contribution in [0.1, 0.15) is 55.5 Å². The fourth-order valence-electron chi connectivity index (χ4n) is 2.25. The number of hydrogen-bond donors (Lipinski definition) is 1. The molecule has 1 unspecified atom stereocenters. The van der Waals surface area contributed by atoms with Crippen LogP contribution in [-0.2, 0) is 9.53 Å². The number of methoxy groups -OCH3 is 1. The molecule has 0 aromatic heterocycles. The lowest BCUT2D eigenvalue weighted by atomic mass is 9.98. The second-order valence-electron chi connectivity index (χ2n) is 5.28. The van der Waals surface area contributed by atoms with Crippen LogP contribution in [0, 0.1) is 12.8 Å². The molecule has 0 radical (unpaired) electrons. The molecule has 116 valence electrons. The van der Waals surface area contributed by atoms with Crippen molar-refractivity contribution >= 4 is 17.6 Å². The van der Waals surface area contributed by atoms with Gasteiger partial charge in [-0.3, -0.25) is 4.79 Å². The van der Waals surface area contributed by atoms with Crippen molar-refractivity contribution in [2.45, 2.75) is 46.5 Å². The van der Waals surface area contributed by atoms with E-state index in [9.17, 15) is 9.59 Å². The van der Waals surface area contributed by atoms with Gasteiger partial charge in [0.05, 0.1) is 18.4 Å². The molecular weight excluding hydrogens is 266 g/mol. The Morgan fingerprint density at radius 1 is 1.29 bits per heavy atom. The topological polar surface area (TPSA) is 55.4 Å². The molecule has 0 saturated heterocycles. The molecule has 0 heterocycles. The number of carbonyl (C=O) groups excluding carboxylic acids is 2. The zero-order chi connectivity index (χ0) is 15.8. The SMILES string of the molecule is CCCCC(CC)C(=O)Nc1ccc(C)cc1C(=O)OC. The van der Waals surface area contributed by atoms with Crippen molar-refractivity contribution in [2.24, 2.45) is 5.92 Å². The van der Waals surface area contributed by atoms with E-state index in [0.717, 1.165) is 31.2 Å². The quantitative estimate of drug-likeness (QED) is 0.774. The number of rotatable bonds is 7. The van der Waals surface area contributed by atoms with Crippen molar-refractivity contribution in [1.82, 2.24) is 0 Å². The molecule has 1 aromatic carbocycles. The Labute approximate surface area is 126 Å². The number of benzene rings is 1. The second kappa shape index (κ2) is 8.45. The smallest absolute Gasteiger partial charge is 0.339 e. The van der Waals surface area contributed by atoms with Gasteiger partial charge >= 0.3 is 5.97 Å². The molecule has 4 nitrogen and oxygen atoms in total. The monoisotopic (exact) mass is 291 g/mol.